The van der Waals surface area contributed by atoms with Crippen LogP contribution in [0, 0.1) is 0 Å². The van der Waals surface area contributed by atoms with Crippen LogP contribution in [0.25, 0.3) is 43.5 Å². The largest absolute Gasteiger partial charge is 0.464 e. The minimum absolute atomic E-state index is 0.897. The van der Waals surface area contributed by atoms with E-state index >= 15 is 0 Å². The molecule has 0 fully saturated rings. The third-order valence-corrected chi connectivity index (χ3v) is 5.75. The fraction of sp³-hybridized carbons (Fsp3) is 0. The van der Waals surface area contributed by atoms with E-state index in [1.807, 2.05) is 29.5 Å². The van der Waals surface area contributed by atoms with E-state index in [1.54, 1.807) is 6.26 Å². The van der Waals surface area contributed by atoms with Gasteiger partial charge in [-0.1, -0.05) is 72.8 Å². The lowest BCUT2D eigenvalue weighted by Gasteiger charge is -1.98. The lowest BCUT2D eigenvalue weighted by molar-refractivity contribution is 0.562. The van der Waals surface area contributed by atoms with Crippen molar-refractivity contribution in [2.75, 3.05) is 0 Å². The first-order valence-corrected chi connectivity index (χ1v) is 9.42. The maximum Gasteiger partial charge on any atom is 0.134 e. The van der Waals surface area contributed by atoms with Crippen molar-refractivity contribution in [1.29, 1.82) is 0 Å². The molecule has 0 spiro atoms. The summed E-state index contributed by atoms with van der Waals surface area (Å²) in [7, 11) is 0. The average Bonchev–Trinajstić information content (AvgIpc) is 3.31. The van der Waals surface area contributed by atoms with Gasteiger partial charge < -0.3 is 4.42 Å². The smallest absolute Gasteiger partial charge is 0.134 e. The average molecular weight is 352 g/mol. The third-order valence-electron chi connectivity index (χ3n) is 4.59. The molecule has 0 saturated heterocycles. The summed E-state index contributed by atoms with van der Waals surface area (Å²) in [5.74, 6) is 0.897. The highest BCUT2D eigenvalue weighted by Crippen LogP contribution is 2.33. The van der Waals surface area contributed by atoms with Gasteiger partial charge in [-0.05, 0) is 34.7 Å². The molecule has 0 saturated carbocycles. The minimum Gasteiger partial charge on any atom is -0.464 e. The van der Waals surface area contributed by atoms with Crippen molar-refractivity contribution in [3.05, 3.63) is 96.4 Å². The summed E-state index contributed by atoms with van der Waals surface area (Å²) >= 11 is 1.84. The molecule has 0 atom stereocenters. The Morgan fingerprint density at radius 3 is 2.35 bits per heavy atom. The summed E-state index contributed by atoms with van der Waals surface area (Å²) < 4.78 is 7.01. The molecule has 0 unspecified atom stereocenters. The van der Waals surface area contributed by atoms with Crippen LogP contribution in [0.4, 0.5) is 0 Å². The van der Waals surface area contributed by atoms with Gasteiger partial charge in [-0.2, -0.15) is 0 Å². The van der Waals surface area contributed by atoms with Gasteiger partial charge in [0.2, 0.25) is 0 Å². The van der Waals surface area contributed by atoms with E-state index in [0.717, 1.165) is 22.1 Å². The van der Waals surface area contributed by atoms with Crippen molar-refractivity contribution in [3.8, 4) is 10.4 Å². The van der Waals surface area contributed by atoms with Crippen molar-refractivity contribution in [1.82, 2.24) is 0 Å². The predicted molar refractivity (Wildman–Crippen MR) is 112 cm³/mol. The number of fused-ring (bicyclic) bond motifs is 2. The molecule has 0 aliphatic rings. The van der Waals surface area contributed by atoms with Crippen molar-refractivity contribution < 1.29 is 4.42 Å². The number of hydrogen-bond donors (Lipinski definition) is 0. The maximum absolute atomic E-state index is 5.68. The van der Waals surface area contributed by atoms with Crippen molar-refractivity contribution in [2.24, 2.45) is 0 Å². The van der Waals surface area contributed by atoms with E-state index in [1.165, 1.54) is 20.5 Å². The molecule has 0 aliphatic carbocycles. The molecular weight excluding hydrogens is 336 g/mol. The van der Waals surface area contributed by atoms with Gasteiger partial charge in [0.05, 0.1) is 6.26 Å². The molecule has 0 bridgehead atoms. The Hall–Kier alpha value is -3.10. The Labute approximate surface area is 155 Å². The molecular formula is C24H16OS. The highest BCUT2D eigenvalue weighted by Gasteiger charge is 2.04. The standard InChI is InChI=1S/C24H16OS/c1-3-7-21-20(6-1)16-25-22(21)14-11-17-9-12-18(13-10-17)24-15-19-5-2-4-8-23(19)26-24/h1-16H. The van der Waals surface area contributed by atoms with E-state index in [4.69, 9.17) is 4.42 Å². The monoisotopic (exact) mass is 352 g/mol. The van der Waals surface area contributed by atoms with Gasteiger partial charge in [0.15, 0.2) is 0 Å². The molecule has 5 aromatic rings. The molecule has 0 aliphatic heterocycles. The summed E-state index contributed by atoms with van der Waals surface area (Å²) in [5.41, 5.74) is 2.42. The van der Waals surface area contributed by atoms with Crippen LogP contribution in [-0.4, -0.2) is 0 Å². The number of benzene rings is 3. The van der Waals surface area contributed by atoms with Crippen LogP contribution in [0.3, 0.4) is 0 Å². The topological polar surface area (TPSA) is 13.1 Å². The van der Waals surface area contributed by atoms with Crippen LogP contribution in [0.1, 0.15) is 11.3 Å². The summed E-state index contributed by atoms with van der Waals surface area (Å²) in [4.78, 5) is 1.30. The van der Waals surface area contributed by atoms with E-state index in [-0.39, 0.29) is 0 Å². The Balaban J connectivity index is 1.42. The Morgan fingerprint density at radius 2 is 1.50 bits per heavy atom. The first kappa shape index (κ1) is 15.2. The third kappa shape index (κ3) is 2.75. The van der Waals surface area contributed by atoms with Gasteiger partial charge in [-0.3, -0.25) is 0 Å². The fourth-order valence-corrected chi connectivity index (χ4v) is 4.27. The van der Waals surface area contributed by atoms with Crippen LogP contribution in [0.5, 0.6) is 0 Å². The second-order valence-electron chi connectivity index (χ2n) is 6.29. The molecule has 26 heavy (non-hydrogen) atoms. The second-order valence-corrected chi connectivity index (χ2v) is 7.37. The first-order chi connectivity index (χ1) is 12.9. The fourth-order valence-electron chi connectivity index (χ4n) is 3.20. The Morgan fingerprint density at radius 1 is 0.731 bits per heavy atom. The van der Waals surface area contributed by atoms with E-state index in [2.05, 4.69) is 72.8 Å². The van der Waals surface area contributed by atoms with Crippen LogP contribution < -0.4 is 0 Å². The molecule has 2 heterocycles. The first-order valence-electron chi connectivity index (χ1n) is 8.60. The number of rotatable bonds is 3. The quantitative estimate of drug-likeness (QED) is 0.328. The van der Waals surface area contributed by atoms with Gasteiger partial charge in [0.25, 0.3) is 0 Å². The van der Waals surface area contributed by atoms with Gasteiger partial charge in [-0.15, -0.1) is 11.3 Å². The second kappa shape index (κ2) is 6.32. The van der Waals surface area contributed by atoms with Gasteiger partial charge in [0.1, 0.15) is 5.76 Å². The van der Waals surface area contributed by atoms with E-state index in [0.29, 0.717) is 0 Å². The lowest BCUT2D eigenvalue weighted by Crippen LogP contribution is -1.75. The highest BCUT2D eigenvalue weighted by molar-refractivity contribution is 7.22. The molecule has 2 aromatic heterocycles. The molecule has 1 nitrogen and oxygen atoms in total. The Bertz CT molecular complexity index is 1190. The highest BCUT2D eigenvalue weighted by atomic mass is 32.1. The number of furan rings is 1. The van der Waals surface area contributed by atoms with Crippen LogP contribution >= 0.6 is 11.3 Å². The molecule has 0 radical (unpaired) electrons. The number of thiophene rings is 1. The summed E-state index contributed by atoms with van der Waals surface area (Å²) in [5, 5.41) is 3.58. The zero-order valence-electron chi connectivity index (χ0n) is 14.1. The summed E-state index contributed by atoms with van der Waals surface area (Å²) in [6, 6.07) is 27.7. The molecule has 5 rings (SSSR count). The molecule has 3 aromatic carbocycles. The predicted octanol–water partition coefficient (Wildman–Crippen LogP) is 7.48. The summed E-state index contributed by atoms with van der Waals surface area (Å²) in [6.45, 7) is 0. The van der Waals surface area contributed by atoms with Crippen LogP contribution in [-0.2, 0) is 0 Å². The van der Waals surface area contributed by atoms with Crippen LogP contribution in [0.15, 0.2) is 89.5 Å². The molecule has 0 amide bonds. The van der Waals surface area contributed by atoms with Gasteiger partial charge >= 0.3 is 0 Å². The maximum atomic E-state index is 5.68. The van der Waals surface area contributed by atoms with Gasteiger partial charge in [0, 0.05) is 20.3 Å². The molecule has 0 N–H and O–H groups in total. The number of hydrogen-bond acceptors (Lipinski definition) is 2. The van der Waals surface area contributed by atoms with Crippen LogP contribution in [0.2, 0.25) is 0 Å². The lowest BCUT2D eigenvalue weighted by atomic mass is 10.1. The van der Waals surface area contributed by atoms with Crippen molar-refractivity contribution in [3.63, 3.8) is 0 Å². The normalized spacial score (nSPS) is 11.7. The Kier molecular flexibility index (Phi) is 3.69. The molecule has 124 valence electrons. The summed E-state index contributed by atoms with van der Waals surface area (Å²) in [6.07, 6.45) is 5.94. The van der Waals surface area contributed by atoms with E-state index in [9.17, 15) is 0 Å². The zero-order valence-corrected chi connectivity index (χ0v) is 14.9. The van der Waals surface area contributed by atoms with Gasteiger partial charge in [-0.25, -0.2) is 0 Å². The molecule has 2 heteroatoms. The van der Waals surface area contributed by atoms with Crippen molar-refractivity contribution >= 4 is 44.3 Å². The zero-order chi connectivity index (χ0) is 17.3. The minimum atomic E-state index is 0.897. The SMILES string of the molecule is C(=Cc1occ2ccccc12)c1ccc(-c2cc3ccccc3s2)cc1. The van der Waals surface area contributed by atoms with E-state index < -0.39 is 0 Å². The van der Waals surface area contributed by atoms with Crippen molar-refractivity contribution in [2.45, 2.75) is 0 Å².